The van der Waals surface area contributed by atoms with Gasteiger partial charge in [-0.3, -0.25) is 9.78 Å². The van der Waals surface area contributed by atoms with E-state index >= 15 is 0 Å². The predicted octanol–water partition coefficient (Wildman–Crippen LogP) is 1.94. The van der Waals surface area contributed by atoms with E-state index in [1.54, 1.807) is 6.07 Å². The van der Waals surface area contributed by atoms with Gasteiger partial charge in [-0.15, -0.1) is 0 Å². The molecule has 2 aromatic heterocycles. The molecule has 0 unspecified atom stereocenters. The van der Waals surface area contributed by atoms with Crippen LogP contribution in [0.25, 0.3) is 11.0 Å². The number of pyridine rings is 1. The zero-order valence-corrected chi connectivity index (χ0v) is 7.37. The molecule has 66 valence electrons. The molecule has 0 amide bonds. The Labute approximate surface area is 75.8 Å². The fraction of sp³-hybridized carbons (Fsp3) is 0.200. The molecular formula is C10H10N2O. The number of carbonyl (C=O) groups is 1. The van der Waals surface area contributed by atoms with Gasteiger partial charge >= 0.3 is 0 Å². The normalized spacial score (nSPS) is 10.5. The number of hydrogen-bond acceptors (Lipinski definition) is 2. The van der Waals surface area contributed by atoms with Crippen LogP contribution in [0.15, 0.2) is 18.2 Å². The highest BCUT2D eigenvalue weighted by Gasteiger charge is 2.00. The third-order valence-electron chi connectivity index (χ3n) is 2.04. The molecule has 3 nitrogen and oxygen atoms in total. The topological polar surface area (TPSA) is 45.8 Å². The van der Waals surface area contributed by atoms with Gasteiger partial charge in [0.1, 0.15) is 0 Å². The molecule has 0 aromatic carbocycles. The number of hydrogen-bond donors (Lipinski definition) is 1. The smallest absolute Gasteiger partial charge is 0.166 e. The molecule has 0 atom stereocenters. The molecule has 0 spiro atoms. The summed E-state index contributed by atoms with van der Waals surface area (Å²) in [6.45, 7) is 2.06. The van der Waals surface area contributed by atoms with E-state index in [0.29, 0.717) is 5.69 Å². The third-order valence-corrected chi connectivity index (χ3v) is 2.04. The summed E-state index contributed by atoms with van der Waals surface area (Å²) in [5.74, 6) is 0. The number of carbonyl (C=O) groups excluding carboxylic acids is 1. The van der Waals surface area contributed by atoms with Crippen LogP contribution in [0.3, 0.4) is 0 Å². The Morgan fingerprint density at radius 1 is 1.54 bits per heavy atom. The van der Waals surface area contributed by atoms with Gasteiger partial charge in [-0.2, -0.15) is 0 Å². The van der Waals surface area contributed by atoms with Crippen LogP contribution in [0, 0.1) is 0 Å². The minimum atomic E-state index is 0.579. The zero-order chi connectivity index (χ0) is 9.26. The number of aldehydes is 1. The van der Waals surface area contributed by atoms with Gasteiger partial charge in [0.25, 0.3) is 0 Å². The first-order valence-corrected chi connectivity index (χ1v) is 4.27. The van der Waals surface area contributed by atoms with Crippen molar-refractivity contribution in [3.05, 3.63) is 29.6 Å². The van der Waals surface area contributed by atoms with E-state index in [2.05, 4.69) is 16.9 Å². The molecule has 0 aliphatic rings. The molecule has 2 rings (SSSR count). The Morgan fingerprint density at radius 2 is 2.38 bits per heavy atom. The van der Waals surface area contributed by atoms with Crippen molar-refractivity contribution in [2.45, 2.75) is 13.3 Å². The summed E-state index contributed by atoms with van der Waals surface area (Å²) in [5.41, 5.74) is 3.40. The monoisotopic (exact) mass is 174 g/mol. The standard InChI is InChI=1S/C10H10N2O/c1-2-7-3-4-9-10(11-7)5-8(6-13)12-9/h3-6,12H,2H2,1H3. The lowest BCUT2D eigenvalue weighted by Crippen LogP contribution is -1.84. The van der Waals surface area contributed by atoms with E-state index in [-0.39, 0.29) is 0 Å². The van der Waals surface area contributed by atoms with Gasteiger partial charge in [-0.05, 0) is 24.6 Å². The van der Waals surface area contributed by atoms with E-state index in [4.69, 9.17) is 0 Å². The first-order valence-electron chi connectivity index (χ1n) is 4.27. The van der Waals surface area contributed by atoms with Crippen molar-refractivity contribution < 1.29 is 4.79 Å². The summed E-state index contributed by atoms with van der Waals surface area (Å²) in [6.07, 6.45) is 1.71. The molecule has 0 bridgehead atoms. The molecule has 3 heteroatoms. The van der Waals surface area contributed by atoms with E-state index in [1.165, 1.54) is 0 Å². The quantitative estimate of drug-likeness (QED) is 0.707. The molecule has 2 aromatic rings. The number of nitrogens with one attached hydrogen (secondary N) is 1. The highest BCUT2D eigenvalue weighted by Crippen LogP contribution is 2.12. The summed E-state index contributed by atoms with van der Waals surface area (Å²) in [7, 11) is 0. The number of nitrogens with zero attached hydrogens (tertiary/aromatic N) is 1. The van der Waals surface area contributed by atoms with Crippen molar-refractivity contribution in [1.82, 2.24) is 9.97 Å². The van der Waals surface area contributed by atoms with Crippen molar-refractivity contribution >= 4 is 17.3 Å². The van der Waals surface area contributed by atoms with Gasteiger partial charge in [0, 0.05) is 5.69 Å². The minimum absolute atomic E-state index is 0.579. The van der Waals surface area contributed by atoms with Crippen molar-refractivity contribution in [3.63, 3.8) is 0 Å². The number of H-pyrrole nitrogens is 1. The van der Waals surface area contributed by atoms with Gasteiger partial charge in [0.05, 0.1) is 16.7 Å². The number of aromatic nitrogens is 2. The average Bonchev–Trinajstić information content (AvgIpc) is 2.58. The second kappa shape index (κ2) is 3.01. The number of aromatic amines is 1. The zero-order valence-electron chi connectivity index (χ0n) is 7.37. The Morgan fingerprint density at radius 3 is 3.08 bits per heavy atom. The Bertz CT molecular complexity index is 445. The van der Waals surface area contributed by atoms with Gasteiger partial charge < -0.3 is 4.98 Å². The summed E-state index contributed by atoms with van der Waals surface area (Å²) in [6, 6.07) is 5.68. The van der Waals surface area contributed by atoms with Crippen LogP contribution in [0.2, 0.25) is 0 Å². The predicted molar refractivity (Wildman–Crippen MR) is 50.9 cm³/mol. The summed E-state index contributed by atoms with van der Waals surface area (Å²) < 4.78 is 0. The van der Waals surface area contributed by atoms with Crippen molar-refractivity contribution in [2.75, 3.05) is 0 Å². The summed E-state index contributed by atoms with van der Waals surface area (Å²) in [4.78, 5) is 17.8. The largest absolute Gasteiger partial charge is 0.351 e. The molecule has 0 aliphatic carbocycles. The lowest BCUT2D eigenvalue weighted by atomic mass is 10.3. The second-order valence-electron chi connectivity index (χ2n) is 2.93. The number of fused-ring (bicyclic) bond motifs is 1. The van der Waals surface area contributed by atoms with Crippen LogP contribution >= 0.6 is 0 Å². The molecule has 0 fully saturated rings. The summed E-state index contributed by atoms with van der Waals surface area (Å²) in [5, 5.41) is 0. The maximum Gasteiger partial charge on any atom is 0.166 e. The first-order chi connectivity index (χ1) is 6.33. The minimum Gasteiger partial charge on any atom is -0.351 e. The first kappa shape index (κ1) is 7.98. The average molecular weight is 174 g/mol. The molecule has 13 heavy (non-hydrogen) atoms. The van der Waals surface area contributed by atoms with E-state index in [0.717, 1.165) is 29.4 Å². The fourth-order valence-electron chi connectivity index (χ4n) is 1.33. The molecule has 2 heterocycles. The molecule has 0 aliphatic heterocycles. The Kier molecular flexibility index (Phi) is 1.85. The summed E-state index contributed by atoms with van der Waals surface area (Å²) >= 11 is 0. The van der Waals surface area contributed by atoms with E-state index in [1.807, 2.05) is 12.1 Å². The Balaban J connectivity index is 2.63. The lowest BCUT2D eigenvalue weighted by molar-refractivity contribution is 0.112. The van der Waals surface area contributed by atoms with E-state index in [9.17, 15) is 4.79 Å². The Hall–Kier alpha value is -1.64. The van der Waals surface area contributed by atoms with Gasteiger partial charge in [-0.25, -0.2) is 0 Å². The van der Waals surface area contributed by atoms with Crippen molar-refractivity contribution in [2.24, 2.45) is 0 Å². The molecule has 0 saturated carbocycles. The number of aryl methyl sites for hydroxylation is 1. The molecule has 0 saturated heterocycles. The SMILES string of the molecule is CCc1ccc2[nH]c(C=O)cc2n1. The van der Waals surface area contributed by atoms with Gasteiger partial charge in [-0.1, -0.05) is 6.92 Å². The maximum atomic E-state index is 10.5. The van der Waals surface area contributed by atoms with Crippen molar-refractivity contribution in [1.29, 1.82) is 0 Å². The van der Waals surface area contributed by atoms with Crippen molar-refractivity contribution in [3.8, 4) is 0 Å². The van der Waals surface area contributed by atoms with Crippen LogP contribution in [0.5, 0.6) is 0 Å². The van der Waals surface area contributed by atoms with Crippen LogP contribution in [-0.4, -0.2) is 16.3 Å². The van der Waals surface area contributed by atoms with E-state index < -0.39 is 0 Å². The van der Waals surface area contributed by atoms with Gasteiger partial charge in [0.15, 0.2) is 6.29 Å². The van der Waals surface area contributed by atoms with Crippen LogP contribution < -0.4 is 0 Å². The van der Waals surface area contributed by atoms with Crippen LogP contribution in [0.1, 0.15) is 23.1 Å². The third kappa shape index (κ3) is 1.33. The highest BCUT2D eigenvalue weighted by atomic mass is 16.1. The second-order valence-corrected chi connectivity index (χ2v) is 2.93. The van der Waals surface area contributed by atoms with Crippen LogP contribution in [0.4, 0.5) is 0 Å². The maximum absolute atomic E-state index is 10.5. The van der Waals surface area contributed by atoms with Crippen LogP contribution in [-0.2, 0) is 6.42 Å². The highest BCUT2D eigenvalue weighted by molar-refractivity contribution is 5.85. The molecule has 0 radical (unpaired) electrons. The fourth-order valence-corrected chi connectivity index (χ4v) is 1.33. The molecule has 1 N–H and O–H groups in total. The lowest BCUT2D eigenvalue weighted by Gasteiger charge is -1.93. The number of rotatable bonds is 2. The van der Waals surface area contributed by atoms with Gasteiger partial charge in [0.2, 0.25) is 0 Å². The molecular weight excluding hydrogens is 164 g/mol.